The summed E-state index contributed by atoms with van der Waals surface area (Å²) >= 11 is 0. The summed E-state index contributed by atoms with van der Waals surface area (Å²) in [5, 5.41) is 1.33. The molecule has 17 heavy (non-hydrogen) atoms. The van der Waals surface area contributed by atoms with Gasteiger partial charge in [0.1, 0.15) is 0 Å². The van der Waals surface area contributed by atoms with E-state index in [0.29, 0.717) is 17.2 Å². The van der Waals surface area contributed by atoms with Crippen LogP contribution in [-0.4, -0.2) is 34.1 Å². The molecule has 0 N–H and O–H groups in total. The standard InChI is InChI=1S/C10H18O4S3/c1-3-5-10-17(13,14)15-7-6-9-16(11,12)8-4-2/h4,6-7H,2-3,5,8-10H2,1H3/b7-6-. The van der Waals surface area contributed by atoms with Crippen LogP contribution in [0.2, 0.25) is 0 Å². The van der Waals surface area contributed by atoms with Crippen molar-refractivity contribution >= 4 is 29.5 Å². The number of rotatable bonds is 9. The van der Waals surface area contributed by atoms with E-state index in [1.165, 1.54) is 17.6 Å². The Bertz CT molecular complexity index is 446. The Hall–Kier alpha value is -0.270. The van der Waals surface area contributed by atoms with Crippen LogP contribution >= 0.6 is 10.8 Å². The fourth-order valence-corrected chi connectivity index (χ4v) is 4.40. The first-order valence-corrected chi connectivity index (χ1v) is 10.1. The molecule has 0 atom stereocenters. The summed E-state index contributed by atoms with van der Waals surface area (Å²) < 4.78 is 45.3. The van der Waals surface area contributed by atoms with Gasteiger partial charge in [-0.15, -0.1) is 6.58 Å². The lowest BCUT2D eigenvalue weighted by Gasteiger charge is -1.98. The van der Waals surface area contributed by atoms with Crippen molar-refractivity contribution < 1.29 is 16.8 Å². The molecule has 0 saturated carbocycles. The molecule has 4 nitrogen and oxygen atoms in total. The maximum atomic E-state index is 11.4. The Balaban J connectivity index is 4.16. The van der Waals surface area contributed by atoms with Crippen molar-refractivity contribution in [2.24, 2.45) is 0 Å². The molecule has 0 aliphatic rings. The molecule has 0 aromatic rings. The van der Waals surface area contributed by atoms with Crippen molar-refractivity contribution in [3.8, 4) is 0 Å². The van der Waals surface area contributed by atoms with Crippen molar-refractivity contribution in [2.45, 2.75) is 19.8 Å². The number of hydrogen-bond donors (Lipinski definition) is 0. The van der Waals surface area contributed by atoms with E-state index in [1.807, 2.05) is 6.92 Å². The zero-order valence-corrected chi connectivity index (χ0v) is 12.3. The zero-order valence-electron chi connectivity index (χ0n) is 9.83. The van der Waals surface area contributed by atoms with E-state index >= 15 is 0 Å². The first-order chi connectivity index (χ1) is 7.83. The van der Waals surface area contributed by atoms with Crippen molar-refractivity contribution in [3.63, 3.8) is 0 Å². The third kappa shape index (κ3) is 9.43. The molecule has 100 valence electrons. The molecular weight excluding hydrogens is 280 g/mol. The Morgan fingerprint density at radius 3 is 2.35 bits per heavy atom. The fourth-order valence-electron chi connectivity index (χ4n) is 0.927. The topological polar surface area (TPSA) is 68.3 Å². The first-order valence-electron chi connectivity index (χ1n) is 5.20. The quantitative estimate of drug-likeness (QED) is 0.481. The molecule has 0 aliphatic carbocycles. The van der Waals surface area contributed by atoms with Crippen molar-refractivity contribution in [1.82, 2.24) is 0 Å². The van der Waals surface area contributed by atoms with Crippen LogP contribution in [0.5, 0.6) is 0 Å². The summed E-state index contributed by atoms with van der Waals surface area (Å²) in [4.78, 5) is 0. The molecule has 0 spiro atoms. The second kappa shape index (κ2) is 7.94. The highest BCUT2D eigenvalue weighted by Gasteiger charge is 2.09. The van der Waals surface area contributed by atoms with E-state index in [2.05, 4.69) is 6.58 Å². The second-order valence-electron chi connectivity index (χ2n) is 3.45. The molecule has 0 amide bonds. The van der Waals surface area contributed by atoms with Crippen LogP contribution in [0.1, 0.15) is 19.8 Å². The molecule has 0 aliphatic heterocycles. The van der Waals surface area contributed by atoms with Gasteiger partial charge in [-0.3, -0.25) is 0 Å². The van der Waals surface area contributed by atoms with Gasteiger partial charge in [-0.2, -0.15) is 0 Å². The Morgan fingerprint density at radius 2 is 1.82 bits per heavy atom. The normalized spacial score (nSPS) is 13.0. The van der Waals surface area contributed by atoms with Crippen LogP contribution in [0.4, 0.5) is 0 Å². The summed E-state index contributed by atoms with van der Waals surface area (Å²) in [6, 6.07) is 0. The van der Waals surface area contributed by atoms with E-state index < -0.39 is 18.7 Å². The van der Waals surface area contributed by atoms with E-state index in [1.54, 1.807) is 0 Å². The van der Waals surface area contributed by atoms with E-state index in [-0.39, 0.29) is 17.3 Å². The Labute approximate surface area is 107 Å². The molecule has 0 rings (SSSR count). The average molecular weight is 298 g/mol. The zero-order chi connectivity index (χ0) is 13.4. The monoisotopic (exact) mass is 298 g/mol. The summed E-state index contributed by atoms with van der Waals surface area (Å²) in [5.74, 6) is -0.127. The summed E-state index contributed by atoms with van der Waals surface area (Å²) in [6.45, 7) is 5.26. The lowest BCUT2D eigenvalue weighted by Crippen LogP contribution is -2.07. The minimum Gasteiger partial charge on any atom is -0.228 e. The van der Waals surface area contributed by atoms with Gasteiger partial charge in [0.2, 0.25) is 8.87 Å². The minimum atomic E-state index is -3.18. The molecule has 0 radical (unpaired) electrons. The molecule has 0 unspecified atom stereocenters. The van der Waals surface area contributed by atoms with Crippen LogP contribution in [-0.2, 0) is 18.7 Å². The largest absolute Gasteiger partial charge is 0.228 e. The van der Waals surface area contributed by atoms with E-state index in [9.17, 15) is 16.8 Å². The minimum absolute atomic E-state index is 0.0927. The highest BCUT2D eigenvalue weighted by Crippen LogP contribution is 2.16. The van der Waals surface area contributed by atoms with Gasteiger partial charge in [0.25, 0.3) is 0 Å². The number of sulfone groups is 1. The van der Waals surface area contributed by atoms with Gasteiger partial charge in [0.15, 0.2) is 9.84 Å². The predicted octanol–water partition coefficient (Wildman–Crippen LogP) is 1.96. The molecule has 0 aromatic heterocycles. The van der Waals surface area contributed by atoms with Crippen LogP contribution in [0, 0.1) is 0 Å². The van der Waals surface area contributed by atoms with Gasteiger partial charge in [-0.25, -0.2) is 16.8 Å². The second-order valence-corrected chi connectivity index (χ2v) is 9.69. The SMILES string of the molecule is C=CCS(=O)(=O)C/C=C\SS(=O)(=O)CCCC. The van der Waals surface area contributed by atoms with Gasteiger partial charge >= 0.3 is 0 Å². The first kappa shape index (κ1) is 16.7. The average Bonchev–Trinajstić information content (AvgIpc) is 2.22. The van der Waals surface area contributed by atoms with Crippen molar-refractivity contribution in [2.75, 3.05) is 17.3 Å². The van der Waals surface area contributed by atoms with E-state index in [0.717, 1.165) is 6.42 Å². The molecule has 0 bridgehead atoms. The highest BCUT2D eigenvalue weighted by molar-refractivity contribution is 8.73. The molecule has 0 heterocycles. The fraction of sp³-hybridized carbons (Fsp3) is 0.600. The van der Waals surface area contributed by atoms with Crippen LogP contribution in [0.25, 0.3) is 0 Å². The Kier molecular flexibility index (Phi) is 7.82. The molecule has 0 aromatic carbocycles. The van der Waals surface area contributed by atoms with Gasteiger partial charge in [-0.1, -0.05) is 25.5 Å². The third-order valence-corrected chi connectivity index (χ3v) is 6.31. The van der Waals surface area contributed by atoms with E-state index in [4.69, 9.17) is 0 Å². The smallest absolute Gasteiger partial charge is 0.205 e. The van der Waals surface area contributed by atoms with Gasteiger partial charge in [-0.05, 0) is 22.6 Å². The van der Waals surface area contributed by atoms with Gasteiger partial charge < -0.3 is 0 Å². The van der Waals surface area contributed by atoms with Crippen molar-refractivity contribution in [3.05, 3.63) is 24.1 Å². The van der Waals surface area contributed by atoms with Crippen LogP contribution in [0.3, 0.4) is 0 Å². The summed E-state index contributed by atoms with van der Waals surface area (Å²) in [7, 11) is -5.66. The highest BCUT2D eigenvalue weighted by atomic mass is 33.1. The lowest BCUT2D eigenvalue weighted by molar-refractivity contribution is 0.601. The van der Waals surface area contributed by atoms with Crippen molar-refractivity contribution in [1.29, 1.82) is 0 Å². The van der Waals surface area contributed by atoms with Gasteiger partial charge in [0.05, 0.1) is 17.3 Å². The number of unbranched alkanes of at least 4 members (excludes halogenated alkanes) is 1. The Morgan fingerprint density at radius 1 is 1.18 bits per heavy atom. The maximum Gasteiger partial charge on any atom is 0.205 e. The predicted molar refractivity (Wildman–Crippen MR) is 74.3 cm³/mol. The molecule has 0 fully saturated rings. The summed E-state index contributed by atoms with van der Waals surface area (Å²) in [6.07, 6.45) is 4.11. The third-order valence-electron chi connectivity index (χ3n) is 1.77. The lowest BCUT2D eigenvalue weighted by atomic mass is 10.4. The number of hydrogen-bond acceptors (Lipinski definition) is 5. The molecule has 7 heteroatoms. The summed E-state index contributed by atoms with van der Waals surface area (Å²) in [5.41, 5.74) is 0. The van der Waals surface area contributed by atoms with Gasteiger partial charge in [0, 0.05) is 0 Å². The molecular formula is C10H18O4S3. The van der Waals surface area contributed by atoms with Crippen LogP contribution < -0.4 is 0 Å². The molecule has 0 saturated heterocycles. The van der Waals surface area contributed by atoms with Crippen LogP contribution in [0.15, 0.2) is 24.1 Å². The maximum absolute atomic E-state index is 11.4.